The lowest BCUT2D eigenvalue weighted by atomic mass is 9.87. The maximum Gasteiger partial charge on any atom is 0.275 e. The number of nitro benzene ring substituents is 1. The normalized spacial score (nSPS) is 22.1. The number of rotatable bonds is 5. The van der Waals surface area contributed by atoms with Crippen LogP contribution in [0.1, 0.15) is 46.5 Å². The van der Waals surface area contributed by atoms with Crippen LogP contribution in [-0.2, 0) is 0 Å². The predicted octanol–water partition coefficient (Wildman–Crippen LogP) is 4.37. The molecule has 2 rings (SSSR count). The van der Waals surface area contributed by atoms with E-state index in [1.165, 1.54) is 18.9 Å². The van der Waals surface area contributed by atoms with Crippen molar-refractivity contribution < 1.29 is 9.66 Å². The highest BCUT2D eigenvalue weighted by Gasteiger charge is 2.19. The molecule has 1 fully saturated rings. The van der Waals surface area contributed by atoms with Crippen LogP contribution in [0.3, 0.4) is 0 Å². The molecule has 0 unspecified atom stereocenters. The van der Waals surface area contributed by atoms with Crippen LogP contribution in [0.4, 0.5) is 11.4 Å². The van der Waals surface area contributed by atoms with Crippen molar-refractivity contribution in [3.8, 4) is 5.75 Å². The first-order valence-electron chi connectivity index (χ1n) is 7.66. The maximum absolute atomic E-state index is 11.0. The highest BCUT2D eigenvalue weighted by atomic mass is 16.6. The van der Waals surface area contributed by atoms with Crippen LogP contribution >= 0.6 is 0 Å². The number of benzene rings is 1. The molecule has 0 heterocycles. The van der Waals surface area contributed by atoms with Gasteiger partial charge in [0.1, 0.15) is 5.75 Å². The van der Waals surface area contributed by atoms with Gasteiger partial charge < -0.3 is 10.1 Å². The highest BCUT2D eigenvalue weighted by molar-refractivity contribution is 5.56. The fourth-order valence-electron chi connectivity index (χ4n) is 2.75. The Labute approximate surface area is 125 Å². The second-order valence-electron chi connectivity index (χ2n) is 6.24. The minimum atomic E-state index is -0.374. The molecule has 0 saturated heterocycles. The Kier molecular flexibility index (Phi) is 5.04. The summed E-state index contributed by atoms with van der Waals surface area (Å²) in [6.07, 6.45) is 4.65. The van der Waals surface area contributed by atoms with E-state index in [-0.39, 0.29) is 16.7 Å². The van der Waals surface area contributed by atoms with Gasteiger partial charge in [0.25, 0.3) is 5.69 Å². The van der Waals surface area contributed by atoms with E-state index >= 15 is 0 Å². The fourth-order valence-corrected chi connectivity index (χ4v) is 2.75. The molecule has 0 bridgehead atoms. The topological polar surface area (TPSA) is 64.4 Å². The first-order chi connectivity index (χ1) is 9.94. The molecular weight excluding hydrogens is 268 g/mol. The summed E-state index contributed by atoms with van der Waals surface area (Å²) in [7, 11) is 0. The largest absolute Gasteiger partial charge is 0.491 e. The predicted molar refractivity (Wildman–Crippen MR) is 83.9 cm³/mol. The van der Waals surface area contributed by atoms with Crippen LogP contribution in [-0.4, -0.2) is 17.1 Å². The van der Waals surface area contributed by atoms with Gasteiger partial charge in [0.2, 0.25) is 0 Å². The number of ether oxygens (including phenoxy) is 1. The summed E-state index contributed by atoms with van der Waals surface area (Å²) >= 11 is 0. The van der Waals surface area contributed by atoms with Crippen molar-refractivity contribution in [2.24, 2.45) is 5.92 Å². The van der Waals surface area contributed by atoms with Crippen LogP contribution in [0, 0.1) is 16.0 Å². The Morgan fingerprint density at radius 1 is 1.24 bits per heavy atom. The Hall–Kier alpha value is -1.78. The molecule has 1 aliphatic carbocycles. The van der Waals surface area contributed by atoms with E-state index in [1.54, 1.807) is 6.07 Å². The van der Waals surface area contributed by atoms with Crippen molar-refractivity contribution in [1.29, 1.82) is 0 Å². The van der Waals surface area contributed by atoms with Gasteiger partial charge in [-0.15, -0.1) is 0 Å². The van der Waals surface area contributed by atoms with Gasteiger partial charge in [-0.05, 0) is 45.4 Å². The van der Waals surface area contributed by atoms with Gasteiger partial charge in [-0.25, -0.2) is 0 Å². The van der Waals surface area contributed by atoms with Gasteiger partial charge in [-0.3, -0.25) is 10.1 Å². The van der Waals surface area contributed by atoms with Gasteiger partial charge in [-0.2, -0.15) is 0 Å². The van der Waals surface area contributed by atoms with E-state index in [4.69, 9.17) is 4.74 Å². The molecule has 0 spiro atoms. The Bertz CT molecular complexity index is 494. The minimum absolute atomic E-state index is 0.00427. The molecule has 0 radical (unpaired) electrons. The third kappa shape index (κ3) is 4.62. The molecule has 0 aromatic heterocycles. The fraction of sp³-hybridized carbons (Fsp3) is 0.625. The lowest BCUT2D eigenvalue weighted by molar-refractivity contribution is -0.384. The number of hydrogen-bond donors (Lipinski definition) is 1. The summed E-state index contributed by atoms with van der Waals surface area (Å²) in [5.41, 5.74) is 0.847. The van der Waals surface area contributed by atoms with Crippen molar-refractivity contribution in [3.05, 3.63) is 28.3 Å². The van der Waals surface area contributed by atoms with Gasteiger partial charge in [0.15, 0.2) is 0 Å². The molecule has 5 heteroatoms. The Morgan fingerprint density at radius 2 is 1.90 bits per heavy atom. The van der Waals surface area contributed by atoms with E-state index in [1.807, 2.05) is 19.9 Å². The second kappa shape index (κ2) is 6.78. The SMILES string of the molecule is CC1CCC(Nc2cc(OC(C)C)cc([N+](=O)[O-])c2)CC1. The number of nitrogens with zero attached hydrogens (tertiary/aromatic N) is 1. The standard InChI is InChI=1S/C16H24N2O3/c1-11(2)21-16-9-14(8-15(10-16)18(19)20)17-13-6-4-12(3)5-7-13/h8-13,17H,4-7H2,1-3H3. The van der Waals surface area contributed by atoms with Crippen molar-refractivity contribution in [2.75, 3.05) is 5.32 Å². The Balaban J connectivity index is 2.13. The van der Waals surface area contributed by atoms with E-state index in [2.05, 4.69) is 12.2 Å². The lowest BCUT2D eigenvalue weighted by Gasteiger charge is -2.27. The summed E-state index contributed by atoms with van der Waals surface area (Å²) < 4.78 is 5.61. The average molecular weight is 292 g/mol. The van der Waals surface area contributed by atoms with Gasteiger partial charge in [0, 0.05) is 23.9 Å². The van der Waals surface area contributed by atoms with Crippen LogP contribution in [0.25, 0.3) is 0 Å². The molecule has 1 N–H and O–H groups in total. The summed E-state index contributed by atoms with van der Waals surface area (Å²) in [6.45, 7) is 6.10. The summed E-state index contributed by atoms with van der Waals surface area (Å²) in [4.78, 5) is 10.7. The molecule has 116 valence electrons. The van der Waals surface area contributed by atoms with Crippen molar-refractivity contribution >= 4 is 11.4 Å². The minimum Gasteiger partial charge on any atom is -0.491 e. The molecule has 1 aromatic carbocycles. The number of anilines is 1. The summed E-state index contributed by atoms with van der Waals surface area (Å²) in [5, 5.41) is 14.5. The molecule has 0 aliphatic heterocycles. The van der Waals surface area contributed by atoms with Gasteiger partial charge >= 0.3 is 0 Å². The van der Waals surface area contributed by atoms with E-state index in [0.717, 1.165) is 24.4 Å². The number of non-ortho nitro benzene ring substituents is 1. The van der Waals surface area contributed by atoms with Crippen LogP contribution < -0.4 is 10.1 Å². The van der Waals surface area contributed by atoms with Crippen molar-refractivity contribution in [3.63, 3.8) is 0 Å². The number of hydrogen-bond acceptors (Lipinski definition) is 4. The van der Waals surface area contributed by atoms with Crippen LogP contribution in [0.2, 0.25) is 0 Å². The maximum atomic E-state index is 11.0. The van der Waals surface area contributed by atoms with E-state index in [9.17, 15) is 10.1 Å². The lowest BCUT2D eigenvalue weighted by Crippen LogP contribution is -2.25. The van der Waals surface area contributed by atoms with Crippen molar-refractivity contribution in [2.45, 2.75) is 58.6 Å². The monoisotopic (exact) mass is 292 g/mol. The quantitative estimate of drug-likeness (QED) is 0.646. The highest BCUT2D eigenvalue weighted by Crippen LogP contribution is 2.30. The molecule has 0 amide bonds. The summed E-state index contributed by atoms with van der Waals surface area (Å²) in [6, 6.07) is 5.32. The van der Waals surface area contributed by atoms with Crippen LogP contribution in [0.15, 0.2) is 18.2 Å². The molecule has 1 saturated carbocycles. The molecule has 5 nitrogen and oxygen atoms in total. The van der Waals surface area contributed by atoms with Crippen molar-refractivity contribution in [1.82, 2.24) is 0 Å². The molecule has 0 atom stereocenters. The molecular formula is C16H24N2O3. The zero-order valence-corrected chi connectivity index (χ0v) is 13.0. The zero-order valence-electron chi connectivity index (χ0n) is 13.0. The third-order valence-corrected chi connectivity index (χ3v) is 3.86. The van der Waals surface area contributed by atoms with E-state index in [0.29, 0.717) is 11.8 Å². The number of nitro groups is 1. The Morgan fingerprint density at radius 3 is 2.48 bits per heavy atom. The second-order valence-corrected chi connectivity index (χ2v) is 6.24. The van der Waals surface area contributed by atoms with E-state index < -0.39 is 0 Å². The van der Waals surface area contributed by atoms with Gasteiger partial charge in [0.05, 0.1) is 17.1 Å². The van der Waals surface area contributed by atoms with Crippen LogP contribution in [0.5, 0.6) is 5.75 Å². The smallest absolute Gasteiger partial charge is 0.275 e. The number of nitrogens with one attached hydrogen (secondary N) is 1. The molecule has 21 heavy (non-hydrogen) atoms. The summed E-state index contributed by atoms with van der Waals surface area (Å²) in [5.74, 6) is 1.33. The first-order valence-corrected chi connectivity index (χ1v) is 7.66. The average Bonchev–Trinajstić information content (AvgIpc) is 2.40. The molecule has 1 aliphatic rings. The van der Waals surface area contributed by atoms with Gasteiger partial charge in [-0.1, -0.05) is 6.92 Å². The zero-order chi connectivity index (χ0) is 15.4. The first kappa shape index (κ1) is 15.6. The third-order valence-electron chi connectivity index (χ3n) is 3.86. The molecule has 1 aromatic rings.